The normalized spacial score (nSPS) is 12.8. The molecule has 2 atom stereocenters. The minimum atomic E-state index is -1.04. The molecule has 0 aliphatic heterocycles. The van der Waals surface area contributed by atoms with Gasteiger partial charge in [-0.3, -0.25) is 9.59 Å². The lowest BCUT2D eigenvalue weighted by Gasteiger charge is -2.19. The molecular formula is C42H80O7. The minimum Gasteiger partial charge on any atom is -0.463 e. The molecule has 2 unspecified atom stereocenters. The van der Waals surface area contributed by atoms with Gasteiger partial charge in [-0.05, 0) is 38.5 Å². The quantitative estimate of drug-likeness (QED) is 0.0374. The van der Waals surface area contributed by atoms with Gasteiger partial charge in [-0.2, -0.15) is 0 Å². The monoisotopic (exact) mass is 697 g/mol. The van der Waals surface area contributed by atoms with Crippen molar-refractivity contribution in [2.24, 2.45) is 0 Å². The Balaban J connectivity index is 3.88. The fraction of sp³-hybridized carbons (Fsp3) is 0.905. The van der Waals surface area contributed by atoms with E-state index in [0.717, 1.165) is 44.9 Å². The number of rotatable bonds is 39. The average Bonchev–Trinajstić information content (AvgIpc) is 3.11. The van der Waals surface area contributed by atoms with Crippen molar-refractivity contribution in [2.75, 3.05) is 26.4 Å². The predicted octanol–water partition coefficient (Wildman–Crippen LogP) is 11.1. The highest BCUT2D eigenvalue weighted by atomic mass is 16.6. The molecule has 0 bridgehead atoms. The second-order valence-electron chi connectivity index (χ2n) is 14.2. The third-order valence-corrected chi connectivity index (χ3v) is 9.22. The highest BCUT2D eigenvalue weighted by Gasteiger charge is 2.17. The SMILES string of the molecule is CCCCCCCCC=CCCCCCCCC(=O)OCC(COC(=O)CCCCCCCCCCCCCCCCC)OCC(O)CO. The average molecular weight is 697 g/mol. The molecule has 0 amide bonds. The summed E-state index contributed by atoms with van der Waals surface area (Å²) in [6, 6.07) is 0. The number of allylic oxidation sites excluding steroid dienone is 2. The summed E-state index contributed by atoms with van der Waals surface area (Å²) in [5.74, 6) is -0.580. The third kappa shape index (κ3) is 37.6. The number of hydrogen-bond acceptors (Lipinski definition) is 7. The van der Waals surface area contributed by atoms with E-state index >= 15 is 0 Å². The molecule has 290 valence electrons. The second kappa shape index (κ2) is 39.3. The lowest BCUT2D eigenvalue weighted by atomic mass is 10.0. The molecule has 0 aromatic carbocycles. The fourth-order valence-corrected chi connectivity index (χ4v) is 5.94. The Morgan fingerprint density at radius 1 is 0.490 bits per heavy atom. The molecule has 0 aromatic rings. The zero-order chi connectivity index (χ0) is 35.9. The molecule has 0 fully saturated rings. The minimum absolute atomic E-state index is 0.0452. The van der Waals surface area contributed by atoms with Crippen LogP contribution in [0.2, 0.25) is 0 Å². The van der Waals surface area contributed by atoms with Crippen LogP contribution in [0, 0.1) is 0 Å². The van der Waals surface area contributed by atoms with Crippen LogP contribution in [0.4, 0.5) is 0 Å². The predicted molar refractivity (Wildman–Crippen MR) is 204 cm³/mol. The first-order valence-corrected chi connectivity index (χ1v) is 20.9. The Bertz CT molecular complexity index is 726. The van der Waals surface area contributed by atoms with Crippen molar-refractivity contribution in [2.45, 2.75) is 219 Å². The lowest BCUT2D eigenvalue weighted by Crippen LogP contribution is -2.32. The summed E-state index contributed by atoms with van der Waals surface area (Å²) >= 11 is 0. The van der Waals surface area contributed by atoms with Crippen molar-refractivity contribution < 1.29 is 34.0 Å². The summed E-state index contributed by atoms with van der Waals surface area (Å²) in [4.78, 5) is 24.6. The summed E-state index contributed by atoms with van der Waals surface area (Å²) in [6.07, 6.45) is 38.4. The van der Waals surface area contributed by atoms with Gasteiger partial charge in [0.2, 0.25) is 0 Å². The van der Waals surface area contributed by atoms with Gasteiger partial charge in [0.1, 0.15) is 25.4 Å². The molecule has 0 saturated heterocycles. The zero-order valence-electron chi connectivity index (χ0n) is 32.3. The number of aliphatic hydroxyl groups is 2. The first-order chi connectivity index (χ1) is 24.0. The Labute approximate surface area is 302 Å². The summed E-state index contributed by atoms with van der Waals surface area (Å²) in [6.45, 7) is 3.88. The van der Waals surface area contributed by atoms with E-state index in [-0.39, 0.29) is 31.8 Å². The Morgan fingerprint density at radius 3 is 1.16 bits per heavy atom. The fourth-order valence-electron chi connectivity index (χ4n) is 5.94. The molecule has 2 N–H and O–H groups in total. The standard InChI is InChI=1S/C42H80O7/c1-3-5-7-9-11-13-15-17-19-21-23-25-27-29-31-33-41(45)48-37-40(47-36-39(44)35-43)38-49-42(46)34-32-30-28-26-24-22-20-18-16-14-12-10-8-6-4-2/h17,19,39-40,43-44H,3-16,18,20-38H2,1-2H3. The molecular weight excluding hydrogens is 616 g/mol. The van der Waals surface area contributed by atoms with Gasteiger partial charge in [0.15, 0.2) is 0 Å². The van der Waals surface area contributed by atoms with Crippen LogP contribution >= 0.6 is 0 Å². The van der Waals surface area contributed by atoms with E-state index in [2.05, 4.69) is 26.0 Å². The maximum atomic E-state index is 12.3. The van der Waals surface area contributed by atoms with Crippen LogP contribution in [-0.2, 0) is 23.8 Å². The van der Waals surface area contributed by atoms with E-state index in [4.69, 9.17) is 19.3 Å². The summed E-state index contributed by atoms with van der Waals surface area (Å²) in [7, 11) is 0. The molecule has 49 heavy (non-hydrogen) atoms. The molecule has 0 rings (SSSR count). The molecule has 0 saturated carbocycles. The summed E-state index contributed by atoms with van der Waals surface area (Å²) in [5, 5.41) is 18.8. The van der Waals surface area contributed by atoms with Crippen molar-refractivity contribution in [1.82, 2.24) is 0 Å². The van der Waals surface area contributed by atoms with Crippen molar-refractivity contribution in [3.63, 3.8) is 0 Å². The molecule has 7 nitrogen and oxygen atoms in total. The van der Waals surface area contributed by atoms with Gasteiger partial charge in [0, 0.05) is 12.8 Å². The largest absolute Gasteiger partial charge is 0.463 e. The van der Waals surface area contributed by atoms with E-state index in [0.29, 0.717) is 12.8 Å². The number of carbonyl (C=O) groups excluding carboxylic acids is 2. The maximum Gasteiger partial charge on any atom is 0.305 e. The topological polar surface area (TPSA) is 102 Å². The number of ether oxygens (including phenoxy) is 3. The molecule has 0 aromatic heterocycles. The number of hydrogen-bond donors (Lipinski definition) is 2. The first kappa shape index (κ1) is 47.6. The maximum absolute atomic E-state index is 12.3. The van der Waals surface area contributed by atoms with Crippen LogP contribution in [0.1, 0.15) is 206 Å². The summed E-state index contributed by atoms with van der Waals surface area (Å²) < 4.78 is 16.4. The third-order valence-electron chi connectivity index (χ3n) is 9.22. The number of unbranched alkanes of at least 4 members (excludes halogenated alkanes) is 25. The molecule has 0 aliphatic carbocycles. The van der Waals surface area contributed by atoms with E-state index in [1.807, 2.05) is 0 Å². The van der Waals surface area contributed by atoms with Crippen LogP contribution in [0.5, 0.6) is 0 Å². The highest BCUT2D eigenvalue weighted by molar-refractivity contribution is 5.69. The Morgan fingerprint density at radius 2 is 0.816 bits per heavy atom. The summed E-state index contributed by atoms with van der Waals surface area (Å²) in [5.41, 5.74) is 0. The lowest BCUT2D eigenvalue weighted by molar-refractivity contribution is -0.157. The van der Waals surface area contributed by atoms with Crippen molar-refractivity contribution in [3.8, 4) is 0 Å². The Kier molecular flexibility index (Phi) is 38.2. The number of aliphatic hydroxyl groups excluding tert-OH is 2. The van der Waals surface area contributed by atoms with E-state index in [9.17, 15) is 14.7 Å². The second-order valence-corrected chi connectivity index (χ2v) is 14.2. The highest BCUT2D eigenvalue weighted by Crippen LogP contribution is 2.15. The van der Waals surface area contributed by atoms with E-state index in [1.54, 1.807) is 0 Å². The van der Waals surface area contributed by atoms with Crippen LogP contribution in [0.3, 0.4) is 0 Å². The van der Waals surface area contributed by atoms with Gasteiger partial charge < -0.3 is 24.4 Å². The van der Waals surface area contributed by atoms with Crippen LogP contribution in [0.25, 0.3) is 0 Å². The van der Waals surface area contributed by atoms with Crippen LogP contribution in [0.15, 0.2) is 12.2 Å². The number of esters is 2. The van der Waals surface area contributed by atoms with Gasteiger partial charge >= 0.3 is 11.9 Å². The van der Waals surface area contributed by atoms with Gasteiger partial charge in [0.05, 0.1) is 13.2 Å². The zero-order valence-corrected chi connectivity index (χ0v) is 32.3. The van der Waals surface area contributed by atoms with Crippen LogP contribution in [-0.4, -0.2) is 60.8 Å². The van der Waals surface area contributed by atoms with Crippen molar-refractivity contribution in [3.05, 3.63) is 12.2 Å². The van der Waals surface area contributed by atoms with Gasteiger partial charge in [-0.15, -0.1) is 0 Å². The van der Waals surface area contributed by atoms with Gasteiger partial charge in [-0.25, -0.2) is 0 Å². The smallest absolute Gasteiger partial charge is 0.305 e. The Hall–Kier alpha value is -1.44. The molecule has 7 heteroatoms. The van der Waals surface area contributed by atoms with E-state index in [1.165, 1.54) is 135 Å². The van der Waals surface area contributed by atoms with Gasteiger partial charge in [-0.1, -0.05) is 167 Å². The van der Waals surface area contributed by atoms with Crippen molar-refractivity contribution >= 4 is 11.9 Å². The van der Waals surface area contributed by atoms with Crippen molar-refractivity contribution in [1.29, 1.82) is 0 Å². The molecule has 0 aliphatic rings. The van der Waals surface area contributed by atoms with Crippen LogP contribution < -0.4 is 0 Å². The first-order valence-electron chi connectivity index (χ1n) is 20.9. The molecule has 0 radical (unpaired) electrons. The molecule has 0 spiro atoms. The number of carbonyl (C=O) groups is 2. The van der Waals surface area contributed by atoms with Gasteiger partial charge in [0.25, 0.3) is 0 Å². The molecule has 0 heterocycles. The van der Waals surface area contributed by atoms with E-state index < -0.39 is 18.8 Å².